The van der Waals surface area contributed by atoms with Crippen molar-refractivity contribution in [1.29, 1.82) is 0 Å². The normalized spacial score (nSPS) is 13.5. The maximum absolute atomic E-state index is 6.13. The van der Waals surface area contributed by atoms with Crippen molar-refractivity contribution in [2.45, 2.75) is 32.2 Å². The first-order chi connectivity index (χ1) is 7.03. The summed E-state index contributed by atoms with van der Waals surface area (Å²) < 4.78 is 6.13. The van der Waals surface area contributed by atoms with E-state index in [-0.39, 0.29) is 6.10 Å². The van der Waals surface area contributed by atoms with Crippen LogP contribution in [0.2, 0.25) is 19.6 Å². The molecule has 0 N–H and O–H groups in total. The Morgan fingerprint density at radius 1 is 1.27 bits per heavy atom. The molecule has 0 aromatic heterocycles. The SMILES string of the molecule is C=CC[C@@H](O[Si](C)(C)C)c1ccccc1. The molecule has 0 unspecified atom stereocenters. The van der Waals surface area contributed by atoms with Crippen molar-refractivity contribution in [3.63, 3.8) is 0 Å². The van der Waals surface area contributed by atoms with E-state index in [1.807, 2.05) is 12.1 Å². The molecule has 1 aromatic carbocycles. The zero-order valence-corrected chi connectivity index (χ0v) is 10.9. The van der Waals surface area contributed by atoms with Crippen LogP contribution in [0, 0.1) is 0 Å². The van der Waals surface area contributed by atoms with Gasteiger partial charge in [-0.2, -0.15) is 0 Å². The maximum atomic E-state index is 6.13. The van der Waals surface area contributed by atoms with Gasteiger partial charge in [0, 0.05) is 0 Å². The second kappa shape index (κ2) is 5.28. The quantitative estimate of drug-likeness (QED) is 0.535. The van der Waals surface area contributed by atoms with Crippen LogP contribution in [0.25, 0.3) is 0 Å². The average molecular weight is 220 g/mol. The molecular formula is C13H20OSi. The van der Waals surface area contributed by atoms with Gasteiger partial charge in [0.1, 0.15) is 0 Å². The Hall–Kier alpha value is -0.863. The molecular weight excluding hydrogens is 200 g/mol. The van der Waals surface area contributed by atoms with Crippen molar-refractivity contribution in [2.75, 3.05) is 0 Å². The molecule has 1 atom stereocenters. The molecule has 0 aliphatic heterocycles. The average Bonchev–Trinajstić information content (AvgIpc) is 2.17. The molecule has 0 aliphatic carbocycles. The summed E-state index contributed by atoms with van der Waals surface area (Å²) in [5, 5.41) is 0. The predicted molar refractivity (Wildman–Crippen MR) is 68.4 cm³/mol. The fourth-order valence-electron chi connectivity index (χ4n) is 1.50. The first-order valence-electron chi connectivity index (χ1n) is 5.36. The van der Waals surface area contributed by atoms with E-state index in [2.05, 4.69) is 50.5 Å². The van der Waals surface area contributed by atoms with Crippen molar-refractivity contribution in [1.82, 2.24) is 0 Å². The summed E-state index contributed by atoms with van der Waals surface area (Å²) in [7, 11) is -1.49. The first kappa shape index (κ1) is 12.2. The van der Waals surface area contributed by atoms with Gasteiger partial charge >= 0.3 is 0 Å². The Morgan fingerprint density at radius 2 is 1.87 bits per heavy atom. The van der Waals surface area contributed by atoms with Gasteiger partial charge in [0.15, 0.2) is 8.32 Å². The summed E-state index contributed by atoms with van der Waals surface area (Å²) in [4.78, 5) is 0. The Kier molecular flexibility index (Phi) is 4.30. The Bertz CT molecular complexity index is 300. The molecule has 0 fully saturated rings. The van der Waals surface area contributed by atoms with Crippen molar-refractivity contribution in [3.05, 3.63) is 48.6 Å². The van der Waals surface area contributed by atoms with E-state index in [0.717, 1.165) is 6.42 Å². The minimum atomic E-state index is -1.49. The summed E-state index contributed by atoms with van der Waals surface area (Å²) in [6, 6.07) is 10.4. The number of hydrogen-bond donors (Lipinski definition) is 0. The number of rotatable bonds is 5. The lowest BCUT2D eigenvalue weighted by Crippen LogP contribution is -2.27. The van der Waals surface area contributed by atoms with E-state index in [0.29, 0.717) is 0 Å². The lowest BCUT2D eigenvalue weighted by atomic mass is 10.1. The highest BCUT2D eigenvalue weighted by atomic mass is 28.4. The van der Waals surface area contributed by atoms with Crippen LogP contribution in [-0.4, -0.2) is 8.32 Å². The predicted octanol–water partition coefficient (Wildman–Crippen LogP) is 4.16. The lowest BCUT2D eigenvalue weighted by molar-refractivity contribution is 0.201. The third-order valence-corrected chi connectivity index (χ3v) is 3.04. The Morgan fingerprint density at radius 3 is 2.33 bits per heavy atom. The summed E-state index contributed by atoms with van der Waals surface area (Å²) in [5.74, 6) is 0. The van der Waals surface area contributed by atoms with E-state index in [1.165, 1.54) is 5.56 Å². The van der Waals surface area contributed by atoms with E-state index >= 15 is 0 Å². The fourth-order valence-corrected chi connectivity index (χ4v) is 2.58. The molecule has 0 saturated carbocycles. The van der Waals surface area contributed by atoms with Crippen LogP contribution in [0.15, 0.2) is 43.0 Å². The minimum absolute atomic E-state index is 0.176. The van der Waals surface area contributed by atoms with Crippen molar-refractivity contribution in [3.8, 4) is 0 Å². The lowest BCUT2D eigenvalue weighted by Gasteiger charge is -2.26. The van der Waals surface area contributed by atoms with Gasteiger partial charge in [-0.15, -0.1) is 6.58 Å². The topological polar surface area (TPSA) is 9.23 Å². The monoisotopic (exact) mass is 220 g/mol. The van der Waals surface area contributed by atoms with Gasteiger partial charge in [0.25, 0.3) is 0 Å². The number of hydrogen-bond acceptors (Lipinski definition) is 1. The summed E-state index contributed by atoms with van der Waals surface area (Å²) in [6.07, 6.45) is 2.99. The third kappa shape index (κ3) is 4.45. The number of benzene rings is 1. The van der Waals surface area contributed by atoms with E-state index in [1.54, 1.807) is 0 Å². The molecule has 2 heteroatoms. The molecule has 0 amide bonds. The zero-order valence-electron chi connectivity index (χ0n) is 9.86. The van der Waals surface area contributed by atoms with E-state index in [4.69, 9.17) is 4.43 Å². The van der Waals surface area contributed by atoms with Crippen molar-refractivity contribution < 1.29 is 4.43 Å². The van der Waals surface area contributed by atoms with Crippen LogP contribution in [0.1, 0.15) is 18.1 Å². The van der Waals surface area contributed by atoms with E-state index in [9.17, 15) is 0 Å². The van der Waals surface area contributed by atoms with Gasteiger partial charge in [0.2, 0.25) is 0 Å². The van der Waals surface area contributed by atoms with Crippen LogP contribution in [0.5, 0.6) is 0 Å². The molecule has 1 aromatic rings. The van der Waals surface area contributed by atoms with Gasteiger partial charge in [-0.25, -0.2) is 0 Å². The van der Waals surface area contributed by atoms with Crippen LogP contribution in [0.3, 0.4) is 0 Å². The molecule has 15 heavy (non-hydrogen) atoms. The molecule has 0 heterocycles. The maximum Gasteiger partial charge on any atom is 0.184 e. The van der Waals surface area contributed by atoms with Gasteiger partial charge in [-0.1, -0.05) is 36.4 Å². The second-order valence-electron chi connectivity index (χ2n) is 4.65. The molecule has 1 nitrogen and oxygen atoms in total. The summed E-state index contributed by atoms with van der Waals surface area (Å²) in [6.45, 7) is 10.4. The Balaban J connectivity index is 2.79. The molecule has 82 valence electrons. The van der Waals surface area contributed by atoms with Crippen molar-refractivity contribution in [2.24, 2.45) is 0 Å². The second-order valence-corrected chi connectivity index (χ2v) is 9.11. The van der Waals surface area contributed by atoms with Crippen LogP contribution in [0.4, 0.5) is 0 Å². The molecule has 0 aliphatic rings. The third-order valence-electron chi connectivity index (χ3n) is 2.05. The zero-order chi connectivity index (χ0) is 11.3. The van der Waals surface area contributed by atoms with Gasteiger partial charge < -0.3 is 4.43 Å². The first-order valence-corrected chi connectivity index (χ1v) is 8.77. The fraction of sp³-hybridized carbons (Fsp3) is 0.385. The largest absolute Gasteiger partial charge is 0.410 e. The highest BCUT2D eigenvalue weighted by Gasteiger charge is 2.21. The van der Waals surface area contributed by atoms with Gasteiger partial charge in [-0.05, 0) is 31.6 Å². The van der Waals surface area contributed by atoms with Crippen LogP contribution in [-0.2, 0) is 4.43 Å². The highest BCUT2D eigenvalue weighted by Crippen LogP contribution is 2.25. The summed E-state index contributed by atoms with van der Waals surface area (Å²) in [5.41, 5.74) is 1.25. The molecule has 0 spiro atoms. The molecule has 1 rings (SSSR count). The van der Waals surface area contributed by atoms with E-state index < -0.39 is 8.32 Å². The smallest absolute Gasteiger partial charge is 0.184 e. The molecule has 0 radical (unpaired) electrons. The van der Waals surface area contributed by atoms with Crippen molar-refractivity contribution >= 4 is 8.32 Å². The standard InChI is InChI=1S/C13H20OSi/c1-5-9-13(14-15(2,3)4)12-10-7-6-8-11-12/h5-8,10-11,13H,1,9H2,2-4H3/t13-/m1/s1. The highest BCUT2D eigenvalue weighted by molar-refractivity contribution is 6.69. The molecule has 0 saturated heterocycles. The Labute approximate surface area is 93.9 Å². The van der Waals surface area contributed by atoms with Gasteiger partial charge in [0.05, 0.1) is 6.10 Å². The minimum Gasteiger partial charge on any atom is -0.410 e. The summed E-state index contributed by atoms with van der Waals surface area (Å²) >= 11 is 0. The van der Waals surface area contributed by atoms with Crippen LogP contribution >= 0.6 is 0 Å². The molecule has 0 bridgehead atoms. The van der Waals surface area contributed by atoms with Crippen LogP contribution < -0.4 is 0 Å². The van der Waals surface area contributed by atoms with Gasteiger partial charge in [-0.3, -0.25) is 0 Å².